The second kappa shape index (κ2) is 24.2. The Labute approximate surface area is 230 Å². The fourth-order valence-corrected chi connectivity index (χ4v) is 5.50. The summed E-state index contributed by atoms with van der Waals surface area (Å²) in [5.74, 6) is -0.0839. The molecule has 0 radical (unpaired) electrons. The molecule has 0 bridgehead atoms. The van der Waals surface area contributed by atoms with Gasteiger partial charge in [0, 0.05) is 12.8 Å². The maximum absolute atomic E-state index is 12.7. The lowest BCUT2D eigenvalue weighted by atomic mass is 10.00. The highest BCUT2D eigenvalue weighted by atomic mass is 16.6. The molecule has 37 heavy (non-hydrogen) atoms. The summed E-state index contributed by atoms with van der Waals surface area (Å²) in [6, 6.07) is 0. The Morgan fingerprint density at radius 1 is 0.838 bits per heavy atom. The molecule has 1 saturated heterocycles. The van der Waals surface area contributed by atoms with Crippen LogP contribution in [-0.2, 0) is 14.3 Å². The van der Waals surface area contributed by atoms with Gasteiger partial charge in [0.05, 0.1) is 18.3 Å². The number of carbonyl (C=O) groups is 1. The minimum absolute atomic E-state index is 0.0839. The van der Waals surface area contributed by atoms with E-state index in [1.54, 1.807) is 0 Å². The molecule has 0 aromatic heterocycles. The van der Waals surface area contributed by atoms with Crippen molar-refractivity contribution in [1.82, 2.24) is 0 Å². The second-order valence-corrected chi connectivity index (χ2v) is 11.5. The van der Waals surface area contributed by atoms with E-state index < -0.39 is 6.10 Å². The van der Waals surface area contributed by atoms with Crippen LogP contribution in [0.1, 0.15) is 168 Å². The monoisotopic (exact) mass is 522 g/mol. The van der Waals surface area contributed by atoms with Crippen molar-refractivity contribution < 1.29 is 19.4 Å². The predicted molar refractivity (Wildman–Crippen MR) is 157 cm³/mol. The lowest BCUT2D eigenvalue weighted by molar-refractivity contribution is -0.158. The Morgan fingerprint density at radius 2 is 1.38 bits per heavy atom. The Balaban J connectivity index is 2.33. The van der Waals surface area contributed by atoms with Crippen molar-refractivity contribution >= 4 is 5.97 Å². The number of hydrogen-bond donors (Lipinski definition) is 1. The molecule has 0 saturated carbocycles. The molecule has 0 amide bonds. The summed E-state index contributed by atoms with van der Waals surface area (Å²) < 4.78 is 12.3. The number of allylic oxidation sites excluding steroid dienone is 1. The first-order valence-electron chi connectivity index (χ1n) is 16.3. The zero-order valence-corrected chi connectivity index (χ0v) is 24.7. The van der Waals surface area contributed by atoms with Gasteiger partial charge < -0.3 is 14.6 Å². The average molecular weight is 523 g/mol. The molecule has 4 heteroatoms. The summed E-state index contributed by atoms with van der Waals surface area (Å²) >= 11 is 0. The van der Waals surface area contributed by atoms with E-state index in [-0.39, 0.29) is 24.3 Å². The molecule has 1 heterocycles. The van der Waals surface area contributed by atoms with Gasteiger partial charge in [-0.2, -0.15) is 0 Å². The smallest absolute Gasteiger partial charge is 0.306 e. The van der Waals surface area contributed by atoms with Crippen molar-refractivity contribution in [2.75, 3.05) is 0 Å². The highest BCUT2D eigenvalue weighted by Crippen LogP contribution is 2.30. The summed E-state index contributed by atoms with van der Waals surface area (Å²) in [5, 5.41) is 10.6. The first-order valence-corrected chi connectivity index (χ1v) is 16.3. The van der Waals surface area contributed by atoms with E-state index in [1.807, 2.05) is 6.08 Å². The van der Waals surface area contributed by atoms with Crippen molar-refractivity contribution in [2.45, 2.75) is 192 Å². The molecule has 1 unspecified atom stereocenters. The van der Waals surface area contributed by atoms with E-state index in [1.165, 1.54) is 89.9 Å². The lowest BCUT2D eigenvalue weighted by Crippen LogP contribution is -2.32. The highest BCUT2D eigenvalue weighted by molar-refractivity contribution is 5.69. The minimum atomic E-state index is -0.436. The second-order valence-electron chi connectivity index (χ2n) is 11.5. The van der Waals surface area contributed by atoms with Crippen molar-refractivity contribution in [3.63, 3.8) is 0 Å². The largest absolute Gasteiger partial charge is 0.460 e. The van der Waals surface area contributed by atoms with Crippen LogP contribution < -0.4 is 0 Å². The van der Waals surface area contributed by atoms with Crippen molar-refractivity contribution in [3.05, 3.63) is 12.7 Å². The zero-order chi connectivity index (χ0) is 27.0. The number of rotatable bonds is 26. The molecular formula is C33H62O4. The lowest BCUT2D eigenvalue weighted by Gasteiger charge is -2.24. The normalized spacial score (nSPS) is 20.2. The van der Waals surface area contributed by atoms with Crippen LogP contribution in [-0.4, -0.2) is 35.5 Å². The van der Waals surface area contributed by atoms with E-state index >= 15 is 0 Å². The Bertz CT molecular complexity index is 534. The van der Waals surface area contributed by atoms with Gasteiger partial charge in [-0.3, -0.25) is 4.79 Å². The molecule has 0 aromatic rings. The van der Waals surface area contributed by atoms with Crippen LogP contribution in [0.25, 0.3) is 0 Å². The molecule has 0 aromatic carbocycles. The van der Waals surface area contributed by atoms with E-state index in [4.69, 9.17) is 9.47 Å². The molecule has 1 aliphatic heterocycles. The molecule has 1 N–H and O–H groups in total. The molecule has 1 rings (SSSR count). The van der Waals surface area contributed by atoms with Crippen LogP contribution >= 0.6 is 0 Å². The number of unbranched alkanes of at least 4 members (excludes halogenated alkanes) is 17. The summed E-state index contributed by atoms with van der Waals surface area (Å²) in [7, 11) is 0. The van der Waals surface area contributed by atoms with Gasteiger partial charge in [0.15, 0.2) is 0 Å². The van der Waals surface area contributed by atoms with Gasteiger partial charge in [-0.25, -0.2) is 0 Å². The maximum atomic E-state index is 12.7. The van der Waals surface area contributed by atoms with Gasteiger partial charge >= 0.3 is 5.97 Å². The Morgan fingerprint density at radius 3 is 2.00 bits per heavy atom. The van der Waals surface area contributed by atoms with E-state index in [9.17, 15) is 9.90 Å². The van der Waals surface area contributed by atoms with Crippen molar-refractivity contribution in [2.24, 2.45) is 0 Å². The number of aliphatic hydroxyl groups excluding tert-OH is 1. The van der Waals surface area contributed by atoms with Gasteiger partial charge in [-0.15, -0.1) is 6.58 Å². The van der Waals surface area contributed by atoms with Gasteiger partial charge in [-0.1, -0.05) is 123 Å². The van der Waals surface area contributed by atoms with Gasteiger partial charge in [0.1, 0.15) is 6.10 Å². The molecule has 1 aliphatic rings. The van der Waals surface area contributed by atoms with Crippen LogP contribution in [0.3, 0.4) is 0 Å². The third kappa shape index (κ3) is 18.1. The Hall–Kier alpha value is -0.870. The van der Waals surface area contributed by atoms with Crippen LogP contribution in [0.15, 0.2) is 12.7 Å². The van der Waals surface area contributed by atoms with Crippen LogP contribution in [0.2, 0.25) is 0 Å². The van der Waals surface area contributed by atoms with Crippen LogP contribution in [0.4, 0.5) is 0 Å². The molecule has 4 nitrogen and oxygen atoms in total. The van der Waals surface area contributed by atoms with E-state index in [0.29, 0.717) is 12.8 Å². The fraction of sp³-hybridized carbons (Fsp3) is 0.909. The van der Waals surface area contributed by atoms with Crippen LogP contribution in [0, 0.1) is 0 Å². The number of carbonyl (C=O) groups excluding carboxylic acids is 1. The van der Waals surface area contributed by atoms with Crippen LogP contribution in [0.5, 0.6) is 0 Å². The predicted octanol–water partition coefficient (Wildman–Crippen LogP) is 9.61. The first kappa shape index (κ1) is 34.2. The van der Waals surface area contributed by atoms with Crippen molar-refractivity contribution in [3.8, 4) is 0 Å². The van der Waals surface area contributed by atoms with E-state index in [0.717, 1.165) is 51.4 Å². The number of aliphatic hydroxyl groups is 1. The molecule has 0 aliphatic carbocycles. The third-order valence-corrected chi connectivity index (χ3v) is 7.92. The van der Waals surface area contributed by atoms with Crippen molar-refractivity contribution in [1.29, 1.82) is 0 Å². The number of ether oxygens (including phenoxy) is 2. The van der Waals surface area contributed by atoms with Gasteiger partial charge in [0.2, 0.25) is 0 Å². The molecule has 1 fully saturated rings. The Kier molecular flexibility index (Phi) is 22.3. The number of hydrogen-bond acceptors (Lipinski definition) is 4. The topological polar surface area (TPSA) is 55.8 Å². The average Bonchev–Trinajstić information content (AvgIpc) is 3.26. The fourth-order valence-electron chi connectivity index (χ4n) is 5.50. The molecule has 218 valence electrons. The maximum Gasteiger partial charge on any atom is 0.306 e. The van der Waals surface area contributed by atoms with E-state index in [2.05, 4.69) is 20.4 Å². The first-order chi connectivity index (χ1) is 18.1. The standard InChI is InChI=1S/C33H62O4/c1-4-7-10-12-14-15-16-17-19-21-24-27-33(35)37-31(26-23-20-18-13-11-8-5-2)32-28-29(34)30(36-32)25-22-9-6-3/h5,29-32,34H,2,4,6-28H2,1,3H3/t29-,30-,31+,32?/m0/s1. The summed E-state index contributed by atoms with van der Waals surface area (Å²) in [6.45, 7) is 8.25. The molecule has 0 spiro atoms. The quantitative estimate of drug-likeness (QED) is 0.0698. The summed E-state index contributed by atoms with van der Waals surface area (Å²) in [4.78, 5) is 12.7. The SMILES string of the molecule is C=CCCCCCCC[C@@H](OC(=O)CCCCCCCCCCCCC)C1C[C@H](O)[C@H](CCCCC)O1. The molecular weight excluding hydrogens is 460 g/mol. The highest BCUT2D eigenvalue weighted by Gasteiger charge is 2.39. The number of esters is 1. The zero-order valence-electron chi connectivity index (χ0n) is 24.7. The third-order valence-electron chi connectivity index (χ3n) is 7.92. The minimum Gasteiger partial charge on any atom is -0.460 e. The van der Waals surface area contributed by atoms with Gasteiger partial charge in [0.25, 0.3) is 0 Å². The van der Waals surface area contributed by atoms with Gasteiger partial charge in [-0.05, 0) is 38.5 Å². The summed E-state index contributed by atoms with van der Waals surface area (Å²) in [5.41, 5.74) is 0. The summed E-state index contributed by atoms with van der Waals surface area (Å²) in [6.07, 6.45) is 28.3. The molecule has 4 atom stereocenters.